The minimum absolute atomic E-state index is 0.0223. The Morgan fingerprint density at radius 2 is 1.95 bits per heavy atom. The lowest BCUT2D eigenvalue weighted by molar-refractivity contribution is -0.384. The molecule has 2 aromatic rings. The first kappa shape index (κ1) is 15.3. The fourth-order valence-corrected chi connectivity index (χ4v) is 2.04. The van der Waals surface area contributed by atoms with Gasteiger partial charge in [-0.25, -0.2) is 0 Å². The quantitative estimate of drug-likeness (QED) is 0.670. The van der Waals surface area contributed by atoms with Crippen LogP contribution in [0.4, 0.5) is 5.69 Å². The average Bonchev–Trinajstić information content (AvgIpc) is 2.42. The first-order valence-electron chi connectivity index (χ1n) is 6.42. The van der Waals surface area contributed by atoms with Crippen molar-refractivity contribution in [2.24, 2.45) is 5.73 Å². The third kappa shape index (κ3) is 4.18. The summed E-state index contributed by atoms with van der Waals surface area (Å²) in [6.07, 6.45) is 0.491. The molecule has 0 saturated carbocycles. The zero-order valence-electron chi connectivity index (χ0n) is 11.5. The first-order valence-corrected chi connectivity index (χ1v) is 6.80. The van der Waals surface area contributed by atoms with E-state index in [2.05, 4.69) is 0 Å². The number of hydrogen-bond acceptors (Lipinski definition) is 4. The number of ether oxygens (including phenoxy) is 1. The molecule has 6 heteroatoms. The van der Waals surface area contributed by atoms with E-state index in [0.717, 1.165) is 0 Å². The molecule has 0 bridgehead atoms. The van der Waals surface area contributed by atoms with Gasteiger partial charge in [0.15, 0.2) is 0 Å². The number of hydrogen-bond donors (Lipinski definition) is 1. The number of rotatable bonds is 5. The van der Waals surface area contributed by atoms with Crippen LogP contribution in [0.2, 0.25) is 5.02 Å². The van der Waals surface area contributed by atoms with Crippen LogP contribution in [0.5, 0.6) is 11.5 Å². The predicted molar refractivity (Wildman–Crippen MR) is 82.0 cm³/mol. The molecular weight excluding hydrogens is 292 g/mol. The zero-order chi connectivity index (χ0) is 15.4. The van der Waals surface area contributed by atoms with E-state index in [1.165, 1.54) is 12.1 Å². The molecule has 1 unspecified atom stereocenters. The summed E-state index contributed by atoms with van der Waals surface area (Å²) in [5.74, 6) is 1.17. The van der Waals surface area contributed by atoms with Gasteiger partial charge < -0.3 is 10.5 Å². The molecule has 21 heavy (non-hydrogen) atoms. The molecule has 5 nitrogen and oxygen atoms in total. The minimum Gasteiger partial charge on any atom is -0.457 e. The summed E-state index contributed by atoms with van der Waals surface area (Å²) in [5.41, 5.74) is 6.52. The van der Waals surface area contributed by atoms with Gasteiger partial charge in [0, 0.05) is 28.8 Å². The van der Waals surface area contributed by atoms with Crippen LogP contribution in [0.3, 0.4) is 0 Å². The van der Waals surface area contributed by atoms with Crippen molar-refractivity contribution in [3.63, 3.8) is 0 Å². The lowest BCUT2D eigenvalue weighted by Crippen LogP contribution is -2.18. The van der Waals surface area contributed by atoms with Gasteiger partial charge in [0.2, 0.25) is 0 Å². The van der Waals surface area contributed by atoms with Crippen molar-refractivity contribution in [2.45, 2.75) is 19.4 Å². The second kappa shape index (κ2) is 6.56. The van der Waals surface area contributed by atoms with Crippen molar-refractivity contribution < 1.29 is 9.66 Å². The molecular formula is C15H15ClN2O3. The molecule has 0 aliphatic heterocycles. The van der Waals surface area contributed by atoms with Crippen molar-refractivity contribution in [3.8, 4) is 11.5 Å². The van der Waals surface area contributed by atoms with Gasteiger partial charge >= 0.3 is 0 Å². The largest absolute Gasteiger partial charge is 0.457 e. The van der Waals surface area contributed by atoms with Crippen LogP contribution in [0, 0.1) is 10.1 Å². The number of nitro groups is 1. The Morgan fingerprint density at radius 3 is 2.52 bits per heavy atom. The van der Waals surface area contributed by atoms with Crippen LogP contribution in [-0.2, 0) is 6.42 Å². The van der Waals surface area contributed by atoms with Crippen molar-refractivity contribution in [3.05, 3.63) is 63.2 Å². The Labute approximate surface area is 127 Å². The predicted octanol–water partition coefficient (Wildman–Crippen LogP) is 3.93. The highest BCUT2D eigenvalue weighted by molar-refractivity contribution is 6.30. The van der Waals surface area contributed by atoms with E-state index in [1.807, 2.05) is 6.92 Å². The summed E-state index contributed by atoms with van der Waals surface area (Å²) >= 11 is 5.82. The standard InChI is InChI=1S/C15H15ClN2O3/c1-10(17)8-11-9-13(18(19)20)4-7-15(11)21-14-5-2-12(16)3-6-14/h2-7,9-10H,8,17H2,1H3. The van der Waals surface area contributed by atoms with Crippen molar-refractivity contribution >= 4 is 17.3 Å². The van der Waals surface area contributed by atoms with Gasteiger partial charge in [0.1, 0.15) is 11.5 Å². The van der Waals surface area contributed by atoms with E-state index in [1.54, 1.807) is 30.3 Å². The number of benzene rings is 2. The molecule has 0 aliphatic rings. The number of nitro benzene ring substituents is 1. The second-order valence-corrected chi connectivity index (χ2v) is 5.22. The monoisotopic (exact) mass is 306 g/mol. The third-order valence-electron chi connectivity index (χ3n) is 2.84. The van der Waals surface area contributed by atoms with Gasteiger partial charge in [-0.15, -0.1) is 0 Å². The van der Waals surface area contributed by atoms with Crippen LogP contribution < -0.4 is 10.5 Å². The highest BCUT2D eigenvalue weighted by Gasteiger charge is 2.13. The molecule has 0 aliphatic carbocycles. The van der Waals surface area contributed by atoms with Crippen molar-refractivity contribution in [1.29, 1.82) is 0 Å². The van der Waals surface area contributed by atoms with Gasteiger partial charge in [0.25, 0.3) is 5.69 Å². The van der Waals surface area contributed by atoms with Crippen LogP contribution in [-0.4, -0.2) is 11.0 Å². The van der Waals surface area contributed by atoms with E-state index in [-0.39, 0.29) is 11.7 Å². The minimum atomic E-state index is -0.434. The van der Waals surface area contributed by atoms with E-state index in [4.69, 9.17) is 22.1 Å². The Bertz CT molecular complexity index is 642. The SMILES string of the molecule is CC(N)Cc1cc([N+](=O)[O-])ccc1Oc1ccc(Cl)cc1. The molecule has 0 heterocycles. The molecule has 0 amide bonds. The molecule has 2 N–H and O–H groups in total. The van der Waals surface area contributed by atoms with E-state index >= 15 is 0 Å². The Morgan fingerprint density at radius 1 is 1.29 bits per heavy atom. The van der Waals surface area contributed by atoms with Crippen molar-refractivity contribution in [2.75, 3.05) is 0 Å². The summed E-state index contributed by atoms with van der Waals surface area (Å²) in [6.45, 7) is 1.84. The average molecular weight is 307 g/mol. The lowest BCUT2D eigenvalue weighted by Gasteiger charge is -2.13. The molecule has 0 aromatic heterocycles. The molecule has 110 valence electrons. The maximum atomic E-state index is 10.9. The highest BCUT2D eigenvalue weighted by Crippen LogP contribution is 2.30. The van der Waals surface area contributed by atoms with E-state index < -0.39 is 4.92 Å². The molecule has 0 radical (unpaired) electrons. The van der Waals surface area contributed by atoms with Gasteiger partial charge in [-0.3, -0.25) is 10.1 Å². The topological polar surface area (TPSA) is 78.4 Å². The maximum absolute atomic E-state index is 10.9. The summed E-state index contributed by atoms with van der Waals surface area (Å²) in [4.78, 5) is 10.4. The van der Waals surface area contributed by atoms with Gasteiger partial charge in [-0.05, 0) is 43.7 Å². The first-order chi connectivity index (χ1) is 9.95. The maximum Gasteiger partial charge on any atom is 0.269 e. The summed E-state index contributed by atoms with van der Waals surface area (Å²) in [5, 5.41) is 11.5. The van der Waals surface area contributed by atoms with E-state index in [0.29, 0.717) is 28.5 Å². The molecule has 2 aromatic carbocycles. The second-order valence-electron chi connectivity index (χ2n) is 4.79. The Kier molecular flexibility index (Phi) is 4.77. The van der Waals surface area contributed by atoms with Crippen LogP contribution in [0.1, 0.15) is 12.5 Å². The summed E-state index contributed by atoms with van der Waals surface area (Å²) in [7, 11) is 0. The zero-order valence-corrected chi connectivity index (χ0v) is 12.2. The Balaban J connectivity index is 2.32. The third-order valence-corrected chi connectivity index (χ3v) is 3.09. The summed E-state index contributed by atoms with van der Waals surface area (Å²) in [6, 6.07) is 11.3. The number of nitrogens with two attached hydrogens (primary N) is 1. The molecule has 2 rings (SSSR count). The number of halogens is 1. The lowest BCUT2D eigenvalue weighted by atomic mass is 10.1. The molecule has 0 fully saturated rings. The van der Waals surface area contributed by atoms with Gasteiger partial charge in [-0.2, -0.15) is 0 Å². The number of nitrogens with zero attached hydrogens (tertiary/aromatic N) is 1. The smallest absolute Gasteiger partial charge is 0.269 e. The fourth-order valence-electron chi connectivity index (χ4n) is 1.91. The van der Waals surface area contributed by atoms with Crippen LogP contribution in [0.15, 0.2) is 42.5 Å². The van der Waals surface area contributed by atoms with E-state index in [9.17, 15) is 10.1 Å². The fraction of sp³-hybridized carbons (Fsp3) is 0.200. The van der Waals surface area contributed by atoms with Gasteiger partial charge in [0.05, 0.1) is 4.92 Å². The molecule has 0 spiro atoms. The number of non-ortho nitro benzene ring substituents is 1. The molecule has 1 atom stereocenters. The summed E-state index contributed by atoms with van der Waals surface area (Å²) < 4.78 is 5.76. The highest BCUT2D eigenvalue weighted by atomic mass is 35.5. The van der Waals surface area contributed by atoms with Crippen LogP contribution >= 0.6 is 11.6 Å². The van der Waals surface area contributed by atoms with Gasteiger partial charge in [-0.1, -0.05) is 11.6 Å². The van der Waals surface area contributed by atoms with Crippen LogP contribution in [0.25, 0.3) is 0 Å². The van der Waals surface area contributed by atoms with Crippen molar-refractivity contribution in [1.82, 2.24) is 0 Å². The normalized spacial score (nSPS) is 12.0. The Hall–Kier alpha value is -2.11. The molecule has 0 saturated heterocycles.